The van der Waals surface area contributed by atoms with Gasteiger partial charge in [0.1, 0.15) is 6.04 Å². The highest BCUT2D eigenvalue weighted by atomic mass is 35.5. The number of rotatable bonds is 5. The first-order chi connectivity index (χ1) is 9.54. The molecule has 0 aromatic heterocycles. The number of nitrogens with one attached hydrogen (secondary N) is 1. The van der Waals surface area contributed by atoms with Crippen LogP contribution in [0.25, 0.3) is 0 Å². The molecule has 0 spiro atoms. The molecule has 1 N–H and O–H groups in total. The number of benzene rings is 1. The first-order valence-corrected chi connectivity index (χ1v) is 8.23. The lowest BCUT2D eigenvalue weighted by molar-refractivity contribution is -0.127. The third kappa shape index (κ3) is 3.22. The second-order valence-electron chi connectivity index (χ2n) is 4.41. The van der Waals surface area contributed by atoms with Gasteiger partial charge in [-0.25, -0.2) is 4.79 Å². The molecule has 1 saturated heterocycles. The first kappa shape index (κ1) is 15.5. The lowest BCUT2D eigenvalue weighted by Gasteiger charge is -2.15. The van der Waals surface area contributed by atoms with Crippen molar-refractivity contribution in [1.29, 1.82) is 0 Å². The van der Waals surface area contributed by atoms with Crippen molar-refractivity contribution in [1.82, 2.24) is 10.2 Å². The molecular weight excluding hydrogens is 319 g/mol. The van der Waals surface area contributed by atoms with Gasteiger partial charge in [-0.15, -0.1) is 0 Å². The van der Waals surface area contributed by atoms with Gasteiger partial charge in [-0.1, -0.05) is 29.3 Å². The number of halogens is 2. The van der Waals surface area contributed by atoms with Crippen LogP contribution in [0.5, 0.6) is 0 Å². The van der Waals surface area contributed by atoms with E-state index in [-0.39, 0.29) is 12.5 Å². The molecule has 1 heterocycles. The van der Waals surface area contributed by atoms with Crippen LogP contribution in [0, 0.1) is 0 Å². The van der Waals surface area contributed by atoms with Gasteiger partial charge in [0.25, 0.3) is 5.91 Å². The molecule has 0 aliphatic carbocycles. The number of amides is 3. The summed E-state index contributed by atoms with van der Waals surface area (Å²) in [5.74, 6) is 0.595. The van der Waals surface area contributed by atoms with E-state index in [1.165, 1.54) is 0 Å². The molecule has 1 aromatic carbocycles. The summed E-state index contributed by atoms with van der Waals surface area (Å²) in [6, 6.07) is 4.26. The average Bonchev–Trinajstić information content (AvgIpc) is 2.67. The van der Waals surface area contributed by atoms with Crippen molar-refractivity contribution in [2.24, 2.45) is 0 Å². The molecule has 1 atom stereocenters. The average molecular weight is 333 g/mol. The Morgan fingerprint density at radius 2 is 1.95 bits per heavy atom. The molecule has 3 amide bonds. The van der Waals surface area contributed by atoms with Gasteiger partial charge in [-0.3, -0.25) is 9.69 Å². The van der Waals surface area contributed by atoms with Gasteiger partial charge in [0, 0.05) is 15.6 Å². The molecular formula is C13H14Cl2N2O2S. The number of nitrogens with zero attached hydrogens (tertiary/aromatic N) is 1. The normalized spacial score (nSPS) is 18.6. The number of hydrogen-bond donors (Lipinski definition) is 1. The van der Waals surface area contributed by atoms with Crippen LogP contribution < -0.4 is 5.32 Å². The van der Waals surface area contributed by atoms with Crippen LogP contribution in [0.4, 0.5) is 4.79 Å². The summed E-state index contributed by atoms with van der Waals surface area (Å²) >= 11 is 13.8. The van der Waals surface area contributed by atoms with Crippen molar-refractivity contribution in [3.05, 3.63) is 33.8 Å². The van der Waals surface area contributed by atoms with Crippen molar-refractivity contribution >= 4 is 46.9 Å². The smallest absolute Gasteiger partial charge is 0.325 e. The lowest BCUT2D eigenvalue weighted by Crippen LogP contribution is -2.31. The minimum absolute atomic E-state index is 0.0962. The van der Waals surface area contributed by atoms with Crippen molar-refractivity contribution in [3.63, 3.8) is 0 Å². The first-order valence-electron chi connectivity index (χ1n) is 6.08. The number of imide groups is 1. The molecule has 0 bridgehead atoms. The monoisotopic (exact) mass is 332 g/mol. The van der Waals surface area contributed by atoms with Crippen molar-refractivity contribution < 1.29 is 9.59 Å². The maximum Gasteiger partial charge on any atom is 0.325 e. The summed E-state index contributed by atoms with van der Waals surface area (Å²) in [5.41, 5.74) is 0.588. The van der Waals surface area contributed by atoms with E-state index in [1.54, 1.807) is 30.0 Å². The minimum atomic E-state index is -0.448. The highest BCUT2D eigenvalue weighted by Crippen LogP contribution is 2.27. The van der Waals surface area contributed by atoms with Crippen molar-refractivity contribution in [3.8, 4) is 0 Å². The molecule has 1 unspecified atom stereocenters. The molecule has 1 aromatic rings. The summed E-state index contributed by atoms with van der Waals surface area (Å²) in [6.07, 6.45) is 2.58. The molecule has 7 heteroatoms. The molecule has 1 fully saturated rings. The Morgan fingerprint density at radius 3 is 2.55 bits per heavy atom. The zero-order valence-electron chi connectivity index (χ0n) is 10.9. The Balaban J connectivity index is 2.13. The fraction of sp³-hybridized carbons (Fsp3) is 0.385. The highest BCUT2D eigenvalue weighted by molar-refractivity contribution is 7.98. The van der Waals surface area contributed by atoms with Crippen LogP contribution in [0.2, 0.25) is 10.0 Å². The largest absolute Gasteiger partial charge is 0.326 e. The quantitative estimate of drug-likeness (QED) is 0.842. The zero-order valence-corrected chi connectivity index (χ0v) is 13.2. The Kier molecular flexibility index (Phi) is 5.18. The van der Waals surface area contributed by atoms with E-state index < -0.39 is 12.1 Å². The molecule has 1 aliphatic heterocycles. The Labute approximate surface area is 131 Å². The second kappa shape index (κ2) is 6.70. The van der Waals surface area contributed by atoms with Gasteiger partial charge in [0.05, 0.1) is 6.54 Å². The van der Waals surface area contributed by atoms with E-state index in [1.807, 2.05) is 6.26 Å². The van der Waals surface area contributed by atoms with Gasteiger partial charge in [-0.2, -0.15) is 11.8 Å². The van der Waals surface area contributed by atoms with Gasteiger partial charge < -0.3 is 5.32 Å². The van der Waals surface area contributed by atoms with E-state index in [0.29, 0.717) is 22.0 Å². The standard InChI is InChI=1S/C13H14Cl2N2O2S/c1-20-6-5-11-12(18)17(13(19)16-11)7-8-9(14)3-2-4-10(8)15/h2-4,11H,5-7H2,1H3,(H,16,19). The maximum absolute atomic E-state index is 12.2. The molecule has 20 heavy (non-hydrogen) atoms. The SMILES string of the molecule is CSCCC1NC(=O)N(Cc2c(Cl)cccc2Cl)C1=O. The molecule has 2 rings (SSSR count). The van der Waals surface area contributed by atoms with Crippen LogP contribution in [0.1, 0.15) is 12.0 Å². The predicted octanol–water partition coefficient (Wildman–Crippen LogP) is 3.17. The number of carbonyl (C=O) groups is 2. The third-order valence-corrected chi connectivity index (χ3v) is 4.45. The van der Waals surface area contributed by atoms with E-state index in [4.69, 9.17) is 23.2 Å². The van der Waals surface area contributed by atoms with Gasteiger partial charge >= 0.3 is 6.03 Å². The summed E-state index contributed by atoms with van der Waals surface area (Å²) < 4.78 is 0. The van der Waals surface area contributed by atoms with Crippen molar-refractivity contribution in [2.45, 2.75) is 19.0 Å². The second-order valence-corrected chi connectivity index (χ2v) is 6.21. The summed E-state index contributed by atoms with van der Waals surface area (Å²) in [5, 5.41) is 3.59. The van der Waals surface area contributed by atoms with Gasteiger partial charge in [0.15, 0.2) is 0 Å². The van der Waals surface area contributed by atoms with E-state index in [9.17, 15) is 9.59 Å². The fourth-order valence-corrected chi connectivity index (χ4v) is 2.99. The highest BCUT2D eigenvalue weighted by Gasteiger charge is 2.37. The topological polar surface area (TPSA) is 49.4 Å². The number of urea groups is 1. The summed E-state index contributed by atoms with van der Waals surface area (Å²) in [4.78, 5) is 25.2. The molecule has 1 aliphatic rings. The van der Waals surface area contributed by atoms with Crippen LogP contribution in [0.3, 0.4) is 0 Å². The maximum atomic E-state index is 12.2. The van der Waals surface area contributed by atoms with E-state index in [2.05, 4.69) is 5.32 Å². The molecule has 4 nitrogen and oxygen atoms in total. The number of hydrogen-bond acceptors (Lipinski definition) is 3. The summed E-state index contributed by atoms with van der Waals surface area (Å²) in [7, 11) is 0. The zero-order chi connectivity index (χ0) is 14.7. The van der Waals surface area contributed by atoms with Gasteiger partial charge in [0.2, 0.25) is 0 Å². The van der Waals surface area contributed by atoms with Crippen LogP contribution in [-0.2, 0) is 11.3 Å². The Hall–Kier alpha value is -0.910. The fourth-order valence-electron chi connectivity index (χ4n) is 2.00. The number of thioether (sulfide) groups is 1. The molecule has 0 radical (unpaired) electrons. The molecule has 0 saturated carbocycles. The Bertz CT molecular complexity index is 519. The predicted molar refractivity (Wildman–Crippen MR) is 82.3 cm³/mol. The minimum Gasteiger partial charge on any atom is -0.326 e. The molecule has 108 valence electrons. The van der Waals surface area contributed by atoms with Gasteiger partial charge in [-0.05, 0) is 30.6 Å². The van der Waals surface area contributed by atoms with Crippen LogP contribution in [-0.4, -0.2) is 34.9 Å². The van der Waals surface area contributed by atoms with Crippen LogP contribution in [0.15, 0.2) is 18.2 Å². The summed E-state index contributed by atoms with van der Waals surface area (Å²) in [6.45, 7) is 0.0962. The number of carbonyl (C=O) groups excluding carboxylic acids is 2. The van der Waals surface area contributed by atoms with E-state index >= 15 is 0 Å². The lowest BCUT2D eigenvalue weighted by atomic mass is 10.2. The Morgan fingerprint density at radius 1 is 1.30 bits per heavy atom. The third-order valence-electron chi connectivity index (χ3n) is 3.10. The van der Waals surface area contributed by atoms with Crippen LogP contribution >= 0.6 is 35.0 Å². The van der Waals surface area contributed by atoms with E-state index in [0.717, 1.165) is 10.7 Å². The van der Waals surface area contributed by atoms with Crippen molar-refractivity contribution in [2.75, 3.05) is 12.0 Å².